The smallest absolute Gasteiger partial charge is 0.494 e. The van der Waals surface area contributed by atoms with Gasteiger partial charge in [-0.25, -0.2) is 0 Å². The highest BCUT2D eigenvalue weighted by molar-refractivity contribution is 7.99. The van der Waals surface area contributed by atoms with Crippen LogP contribution in [-0.4, -0.2) is 33.7 Å². The van der Waals surface area contributed by atoms with E-state index in [1.54, 1.807) is 30.0 Å². The number of methoxy groups -OCH3 is 1. The Morgan fingerprint density at radius 2 is 1.78 bits per heavy atom. The zero-order valence-corrected chi connectivity index (χ0v) is 15.2. The third-order valence-electron chi connectivity index (χ3n) is 3.62. The lowest BCUT2D eigenvalue weighted by molar-refractivity contribution is -0.274. The average molecular weight is 396 g/mol. The number of para-hydroxylation sites is 2. The molecule has 0 spiro atoms. The molecule has 0 saturated heterocycles. The maximum Gasteiger partial charge on any atom is 0.573 e. The van der Waals surface area contributed by atoms with Crippen LogP contribution in [0.2, 0.25) is 0 Å². The summed E-state index contributed by atoms with van der Waals surface area (Å²) in [6.45, 7) is 1.91. The highest BCUT2D eigenvalue weighted by atomic mass is 32.2. The number of ether oxygens (including phenoxy) is 2. The zero-order chi connectivity index (χ0) is 19.4. The molecule has 0 N–H and O–H groups in total. The lowest BCUT2D eigenvalue weighted by Gasteiger charge is -2.14. The van der Waals surface area contributed by atoms with Gasteiger partial charge in [-0.3, -0.25) is 0 Å². The third-order valence-corrected chi connectivity index (χ3v) is 4.71. The molecule has 0 saturated carbocycles. The molecule has 2 aromatic carbocycles. The number of halogens is 3. The highest BCUT2D eigenvalue weighted by Crippen LogP contribution is 2.36. The van der Waals surface area contributed by atoms with E-state index in [1.165, 1.54) is 23.9 Å². The molecule has 0 radical (unpaired) electrons. The molecule has 1 atom stereocenters. The predicted octanol–water partition coefficient (Wildman–Crippen LogP) is 4.42. The SMILES string of the molecule is COc1ccccc1-n1nnnc1SC(C)c1ccc(OC(F)(F)F)cc1. The largest absolute Gasteiger partial charge is 0.573 e. The van der Waals surface area contributed by atoms with Crippen LogP contribution in [0.3, 0.4) is 0 Å². The number of thioether (sulfide) groups is 1. The Kier molecular flexibility index (Phi) is 5.54. The fraction of sp³-hybridized carbons (Fsp3) is 0.235. The van der Waals surface area contributed by atoms with Crippen molar-refractivity contribution in [3.05, 3.63) is 54.1 Å². The van der Waals surface area contributed by atoms with Crippen molar-refractivity contribution in [3.63, 3.8) is 0 Å². The topological polar surface area (TPSA) is 62.1 Å². The fourth-order valence-electron chi connectivity index (χ4n) is 2.38. The van der Waals surface area contributed by atoms with Crippen LogP contribution < -0.4 is 9.47 Å². The second-order valence-corrected chi connectivity index (χ2v) is 6.73. The highest BCUT2D eigenvalue weighted by Gasteiger charge is 2.31. The van der Waals surface area contributed by atoms with Crippen LogP contribution in [0, 0.1) is 0 Å². The number of hydrogen-bond donors (Lipinski definition) is 0. The molecule has 3 aromatic rings. The van der Waals surface area contributed by atoms with Gasteiger partial charge in [0.15, 0.2) is 0 Å². The van der Waals surface area contributed by atoms with Crippen molar-refractivity contribution in [2.24, 2.45) is 0 Å². The quantitative estimate of drug-likeness (QED) is 0.575. The second kappa shape index (κ2) is 7.87. The number of rotatable bonds is 6. The molecular weight excluding hydrogens is 381 g/mol. The number of aromatic nitrogens is 4. The summed E-state index contributed by atoms with van der Waals surface area (Å²) in [5.74, 6) is 0.357. The molecule has 3 rings (SSSR count). The standard InChI is InChI=1S/C17H15F3N4O2S/c1-11(12-7-9-13(10-8-12)26-17(18,19)20)27-16-21-22-23-24(16)14-5-3-4-6-15(14)25-2/h3-11H,1-2H3. The van der Waals surface area contributed by atoms with Crippen molar-refractivity contribution in [3.8, 4) is 17.2 Å². The molecule has 0 amide bonds. The molecule has 0 bridgehead atoms. The maximum atomic E-state index is 12.3. The van der Waals surface area contributed by atoms with E-state index in [1.807, 2.05) is 25.1 Å². The zero-order valence-electron chi connectivity index (χ0n) is 14.3. The Bertz CT molecular complexity index is 900. The van der Waals surface area contributed by atoms with Crippen LogP contribution in [0.5, 0.6) is 11.5 Å². The fourth-order valence-corrected chi connectivity index (χ4v) is 3.30. The number of tetrazole rings is 1. The van der Waals surface area contributed by atoms with Gasteiger partial charge < -0.3 is 9.47 Å². The summed E-state index contributed by atoms with van der Waals surface area (Å²) >= 11 is 1.37. The van der Waals surface area contributed by atoms with E-state index in [-0.39, 0.29) is 11.0 Å². The van der Waals surface area contributed by atoms with E-state index in [4.69, 9.17) is 4.74 Å². The lowest BCUT2D eigenvalue weighted by Crippen LogP contribution is -2.17. The van der Waals surface area contributed by atoms with Crippen LogP contribution in [0.1, 0.15) is 17.7 Å². The molecule has 10 heteroatoms. The summed E-state index contributed by atoms with van der Waals surface area (Å²) in [5.41, 5.74) is 1.50. The van der Waals surface area contributed by atoms with Gasteiger partial charge in [-0.05, 0) is 47.2 Å². The van der Waals surface area contributed by atoms with Gasteiger partial charge in [0.2, 0.25) is 5.16 Å². The van der Waals surface area contributed by atoms with Crippen molar-refractivity contribution >= 4 is 11.8 Å². The van der Waals surface area contributed by atoms with Gasteiger partial charge in [-0.1, -0.05) is 36.0 Å². The molecule has 6 nitrogen and oxygen atoms in total. The minimum absolute atomic E-state index is 0.107. The minimum atomic E-state index is -4.71. The summed E-state index contributed by atoms with van der Waals surface area (Å²) in [7, 11) is 1.56. The van der Waals surface area contributed by atoms with Crippen molar-refractivity contribution in [2.75, 3.05) is 7.11 Å². The first kappa shape index (κ1) is 19.0. The number of hydrogen-bond acceptors (Lipinski definition) is 6. The molecule has 142 valence electrons. The van der Waals surface area contributed by atoms with E-state index in [2.05, 4.69) is 20.3 Å². The van der Waals surface area contributed by atoms with Crippen molar-refractivity contribution < 1.29 is 22.6 Å². The summed E-state index contributed by atoms with van der Waals surface area (Å²) < 4.78 is 47.6. The van der Waals surface area contributed by atoms with Crippen LogP contribution in [-0.2, 0) is 0 Å². The van der Waals surface area contributed by atoms with Gasteiger partial charge in [0.1, 0.15) is 17.2 Å². The first-order chi connectivity index (χ1) is 12.9. The molecule has 0 aliphatic carbocycles. The summed E-state index contributed by atoms with van der Waals surface area (Å²) in [5, 5.41) is 12.2. The number of nitrogens with zero attached hydrogens (tertiary/aromatic N) is 4. The Labute approximate surface area is 157 Å². The van der Waals surface area contributed by atoms with Crippen molar-refractivity contribution in [1.29, 1.82) is 0 Å². The summed E-state index contributed by atoms with van der Waals surface area (Å²) in [6, 6.07) is 13.0. The van der Waals surface area contributed by atoms with E-state index < -0.39 is 6.36 Å². The molecule has 27 heavy (non-hydrogen) atoms. The number of alkyl halides is 3. The molecule has 1 aromatic heterocycles. The Morgan fingerprint density at radius 1 is 1.07 bits per heavy atom. The van der Waals surface area contributed by atoms with Crippen LogP contribution in [0.15, 0.2) is 53.7 Å². The molecule has 0 aliphatic rings. The van der Waals surface area contributed by atoms with E-state index in [0.717, 1.165) is 5.56 Å². The van der Waals surface area contributed by atoms with Crippen LogP contribution in [0.4, 0.5) is 13.2 Å². The monoisotopic (exact) mass is 396 g/mol. The van der Waals surface area contributed by atoms with E-state index >= 15 is 0 Å². The van der Waals surface area contributed by atoms with E-state index in [9.17, 15) is 13.2 Å². The predicted molar refractivity (Wildman–Crippen MR) is 93.1 cm³/mol. The van der Waals surface area contributed by atoms with Gasteiger partial charge in [0, 0.05) is 5.25 Å². The second-order valence-electron chi connectivity index (χ2n) is 5.42. The normalized spacial score (nSPS) is 12.6. The molecule has 0 aliphatic heterocycles. The minimum Gasteiger partial charge on any atom is -0.494 e. The average Bonchev–Trinajstić information content (AvgIpc) is 3.08. The molecular formula is C17H15F3N4O2S. The molecule has 0 fully saturated rings. The first-order valence-electron chi connectivity index (χ1n) is 7.81. The van der Waals surface area contributed by atoms with E-state index in [0.29, 0.717) is 16.6 Å². The Balaban J connectivity index is 1.78. The van der Waals surface area contributed by atoms with Gasteiger partial charge in [0.25, 0.3) is 0 Å². The number of benzene rings is 2. The van der Waals surface area contributed by atoms with Crippen molar-refractivity contribution in [2.45, 2.75) is 23.7 Å². The lowest BCUT2D eigenvalue weighted by atomic mass is 10.2. The Hall–Kier alpha value is -2.75. The summed E-state index contributed by atoms with van der Waals surface area (Å²) in [4.78, 5) is 0. The Morgan fingerprint density at radius 3 is 2.44 bits per heavy atom. The van der Waals surface area contributed by atoms with Crippen LogP contribution in [0.25, 0.3) is 5.69 Å². The molecule has 1 unspecified atom stereocenters. The van der Waals surface area contributed by atoms with Crippen molar-refractivity contribution in [1.82, 2.24) is 20.2 Å². The summed E-state index contributed by atoms with van der Waals surface area (Å²) in [6.07, 6.45) is -4.71. The third kappa shape index (κ3) is 4.70. The molecule has 1 heterocycles. The first-order valence-corrected chi connectivity index (χ1v) is 8.69. The van der Waals surface area contributed by atoms with Crippen LogP contribution >= 0.6 is 11.8 Å². The maximum absolute atomic E-state index is 12.3. The van der Waals surface area contributed by atoms with Gasteiger partial charge in [-0.2, -0.15) is 4.68 Å². The van der Waals surface area contributed by atoms with Gasteiger partial charge in [0.05, 0.1) is 7.11 Å². The van der Waals surface area contributed by atoms with Gasteiger partial charge >= 0.3 is 6.36 Å². The van der Waals surface area contributed by atoms with Gasteiger partial charge in [-0.15, -0.1) is 18.3 Å².